The minimum Gasteiger partial charge on any atom is -0.497 e. The maximum atomic E-state index is 10.7. The lowest BCUT2D eigenvalue weighted by Crippen LogP contribution is -2.40. The minimum atomic E-state index is -0.625. The highest BCUT2D eigenvalue weighted by Crippen LogP contribution is 2.33. The number of aliphatic hydroxyl groups is 1. The third kappa shape index (κ3) is 6.62. The maximum Gasteiger partial charge on any atom is 0.231 e. The molecule has 0 saturated heterocycles. The molecule has 0 aromatic heterocycles. The van der Waals surface area contributed by atoms with Gasteiger partial charge in [0.25, 0.3) is 0 Å². The van der Waals surface area contributed by atoms with E-state index in [1.165, 1.54) is 0 Å². The van der Waals surface area contributed by atoms with Crippen LogP contribution in [-0.4, -0.2) is 67.1 Å². The molecule has 0 saturated carbocycles. The molecule has 34 heavy (non-hydrogen) atoms. The van der Waals surface area contributed by atoms with Crippen molar-refractivity contribution < 1.29 is 28.9 Å². The zero-order valence-corrected chi connectivity index (χ0v) is 20.3. The molecule has 8 heteroatoms. The number of nitrogens with zero attached hydrogens (tertiary/aromatic N) is 2. The fraction of sp³-hybridized carbons (Fsp3) is 0.500. The molecule has 0 unspecified atom stereocenters. The molecule has 0 amide bonds. The molecule has 2 aliphatic rings. The summed E-state index contributed by atoms with van der Waals surface area (Å²) in [5, 5.41) is 15.0. The van der Waals surface area contributed by atoms with E-state index in [4.69, 9.17) is 23.8 Å². The van der Waals surface area contributed by atoms with Crippen LogP contribution >= 0.6 is 0 Å². The lowest BCUT2D eigenvalue weighted by atomic mass is 10.0. The molecule has 0 radical (unpaired) electrons. The van der Waals surface area contributed by atoms with E-state index in [1.54, 1.807) is 7.11 Å². The molecular formula is C26H34N2O6. The number of fused-ring (bicyclic) bond motifs is 1. The van der Waals surface area contributed by atoms with Gasteiger partial charge in [-0.3, -0.25) is 4.90 Å². The van der Waals surface area contributed by atoms with E-state index in [0.717, 1.165) is 34.1 Å². The minimum absolute atomic E-state index is 0.123. The van der Waals surface area contributed by atoms with E-state index >= 15 is 0 Å². The number of hydrogen-bond donors (Lipinski definition) is 1. The van der Waals surface area contributed by atoms with E-state index in [2.05, 4.69) is 16.1 Å². The van der Waals surface area contributed by atoms with Gasteiger partial charge < -0.3 is 28.9 Å². The first kappa shape index (κ1) is 24.3. The highest BCUT2D eigenvalue weighted by atomic mass is 16.7. The van der Waals surface area contributed by atoms with Crippen LogP contribution in [-0.2, 0) is 16.1 Å². The average molecular weight is 471 g/mol. The third-order valence-electron chi connectivity index (χ3n) is 5.62. The third-order valence-corrected chi connectivity index (χ3v) is 5.62. The molecule has 0 bridgehead atoms. The van der Waals surface area contributed by atoms with Gasteiger partial charge in [-0.15, -0.1) is 0 Å². The van der Waals surface area contributed by atoms with Crippen LogP contribution in [0.25, 0.3) is 0 Å². The second-order valence-corrected chi connectivity index (χ2v) is 9.66. The number of benzene rings is 2. The number of oxime groups is 1. The first-order chi connectivity index (χ1) is 16.3. The lowest BCUT2D eigenvalue weighted by Gasteiger charge is -2.28. The van der Waals surface area contributed by atoms with Crippen molar-refractivity contribution in [3.63, 3.8) is 0 Å². The maximum absolute atomic E-state index is 10.7. The van der Waals surface area contributed by atoms with Crippen LogP contribution in [0.3, 0.4) is 0 Å². The zero-order chi connectivity index (χ0) is 24.1. The molecule has 2 aromatic carbocycles. The number of methoxy groups -OCH3 is 1. The Hall–Kier alpha value is -2.81. The van der Waals surface area contributed by atoms with Crippen LogP contribution in [0.4, 0.5) is 0 Å². The van der Waals surface area contributed by atoms with Gasteiger partial charge in [0, 0.05) is 31.6 Å². The Morgan fingerprint density at radius 2 is 1.97 bits per heavy atom. The van der Waals surface area contributed by atoms with Crippen LogP contribution in [0.5, 0.6) is 17.2 Å². The van der Waals surface area contributed by atoms with Crippen molar-refractivity contribution in [2.24, 2.45) is 5.16 Å². The monoisotopic (exact) mass is 470 g/mol. The summed E-state index contributed by atoms with van der Waals surface area (Å²) in [6.07, 6.45) is -0.0784. The van der Waals surface area contributed by atoms with Crippen molar-refractivity contribution >= 4 is 5.71 Å². The fourth-order valence-electron chi connectivity index (χ4n) is 3.99. The summed E-state index contributed by atoms with van der Waals surface area (Å²) < 4.78 is 22.0. The summed E-state index contributed by atoms with van der Waals surface area (Å²) in [5.74, 6) is 2.28. The largest absolute Gasteiger partial charge is 0.497 e. The molecule has 0 spiro atoms. The topological polar surface area (TPSA) is 82.0 Å². The quantitative estimate of drug-likeness (QED) is 0.568. The molecule has 184 valence electrons. The molecule has 2 aliphatic heterocycles. The highest BCUT2D eigenvalue weighted by molar-refractivity contribution is 6.01. The Morgan fingerprint density at radius 1 is 1.15 bits per heavy atom. The summed E-state index contributed by atoms with van der Waals surface area (Å²) in [4.78, 5) is 7.96. The van der Waals surface area contributed by atoms with Gasteiger partial charge in [0.05, 0.1) is 31.1 Å². The summed E-state index contributed by atoms with van der Waals surface area (Å²) in [6.45, 7) is 8.16. The Labute approximate surface area is 201 Å². The fourth-order valence-corrected chi connectivity index (χ4v) is 3.99. The number of hydrogen-bond acceptors (Lipinski definition) is 8. The predicted molar refractivity (Wildman–Crippen MR) is 129 cm³/mol. The van der Waals surface area contributed by atoms with Gasteiger partial charge in [0.1, 0.15) is 11.9 Å². The van der Waals surface area contributed by atoms with Gasteiger partial charge in [-0.2, -0.15) is 0 Å². The molecule has 2 heterocycles. The van der Waals surface area contributed by atoms with Crippen molar-refractivity contribution in [2.45, 2.75) is 51.5 Å². The van der Waals surface area contributed by atoms with Crippen molar-refractivity contribution in [3.8, 4) is 17.2 Å². The Morgan fingerprint density at radius 3 is 2.76 bits per heavy atom. The van der Waals surface area contributed by atoms with Crippen LogP contribution < -0.4 is 14.2 Å². The lowest BCUT2D eigenvalue weighted by molar-refractivity contribution is -0.0600. The number of rotatable bonds is 10. The smallest absolute Gasteiger partial charge is 0.231 e. The average Bonchev–Trinajstić information content (AvgIpc) is 3.46. The Balaban J connectivity index is 1.40. The van der Waals surface area contributed by atoms with Gasteiger partial charge in [0.15, 0.2) is 11.5 Å². The second kappa shape index (κ2) is 10.6. The Kier molecular flexibility index (Phi) is 7.60. The normalized spacial score (nSPS) is 18.1. The second-order valence-electron chi connectivity index (χ2n) is 9.66. The summed E-state index contributed by atoms with van der Waals surface area (Å²) >= 11 is 0. The molecule has 8 nitrogen and oxygen atoms in total. The van der Waals surface area contributed by atoms with Gasteiger partial charge in [-0.1, -0.05) is 17.3 Å². The molecule has 4 rings (SSSR count). The van der Waals surface area contributed by atoms with Crippen molar-refractivity contribution in [2.75, 3.05) is 33.6 Å². The SMILES string of the molecule is COc1cccc(CN(C[C@@H](O)COC(C)(C)C)C[C@H]2CC(c3ccc4c(c3)OCO4)=NO2)c1. The van der Waals surface area contributed by atoms with E-state index in [1.807, 2.05) is 57.2 Å². The molecule has 1 N–H and O–H groups in total. The number of aliphatic hydroxyl groups excluding tert-OH is 1. The highest BCUT2D eigenvalue weighted by Gasteiger charge is 2.27. The molecule has 0 aliphatic carbocycles. The standard InChI is InChI=1S/C26H34N2O6/c1-26(2,3)33-16-20(29)14-28(13-18-6-5-7-21(10-18)30-4)15-22-12-23(27-34-22)19-8-9-24-25(11-19)32-17-31-24/h5-11,20,22,29H,12-17H2,1-4H3/t20-,22-/m1/s1. The Bertz CT molecular complexity index is 1000. The van der Waals surface area contributed by atoms with Crippen LogP contribution in [0.2, 0.25) is 0 Å². The van der Waals surface area contributed by atoms with Gasteiger partial charge >= 0.3 is 0 Å². The van der Waals surface area contributed by atoms with Crippen LogP contribution in [0.1, 0.15) is 38.3 Å². The van der Waals surface area contributed by atoms with Crippen LogP contribution in [0, 0.1) is 0 Å². The first-order valence-electron chi connectivity index (χ1n) is 11.6. The van der Waals surface area contributed by atoms with Gasteiger partial charge in [-0.05, 0) is 56.7 Å². The summed E-state index contributed by atoms with van der Waals surface area (Å²) in [5.41, 5.74) is 2.63. The van der Waals surface area contributed by atoms with E-state index in [0.29, 0.717) is 26.1 Å². The molecular weight excluding hydrogens is 436 g/mol. The summed E-state index contributed by atoms with van der Waals surface area (Å²) in [6, 6.07) is 13.8. The molecule has 0 fully saturated rings. The van der Waals surface area contributed by atoms with Crippen molar-refractivity contribution in [1.29, 1.82) is 0 Å². The summed E-state index contributed by atoms with van der Waals surface area (Å²) in [7, 11) is 1.66. The zero-order valence-electron chi connectivity index (χ0n) is 20.3. The first-order valence-corrected chi connectivity index (χ1v) is 11.6. The van der Waals surface area contributed by atoms with Gasteiger partial charge in [0.2, 0.25) is 6.79 Å². The van der Waals surface area contributed by atoms with E-state index < -0.39 is 6.10 Å². The number of ether oxygens (including phenoxy) is 4. The van der Waals surface area contributed by atoms with E-state index in [9.17, 15) is 5.11 Å². The van der Waals surface area contributed by atoms with Crippen LogP contribution in [0.15, 0.2) is 47.6 Å². The van der Waals surface area contributed by atoms with Crippen molar-refractivity contribution in [1.82, 2.24) is 4.90 Å². The molecule has 2 aromatic rings. The van der Waals surface area contributed by atoms with Crippen molar-refractivity contribution in [3.05, 3.63) is 53.6 Å². The predicted octanol–water partition coefficient (Wildman–Crippen LogP) is 3.60. The molecule has 2 atom stereocenters. The van der Waals surface area contributed by atoms with Gasteiger partial charge in [-0.25, -0.2) is 0 Å². The van der Waals surface area contributed by atoms with E-state index in [-0.39, 0.29) is 25.1 Å².